The predicted octanol–water partition coefficient (Wildman–Crippen LogP) is -0.492. The molecule has 11 heavy (non-hydrogen) atoms. The molecule has 0 aromatic heterocycles. The number of hydrogen-bond donors (Lipinski definition) is 3. The Labute approximate surface area is 66.5 Å². The molecule has 0 unspecified atom stereocenters. The van der Waals surface area contributed by atoms with E-state index in [4.69, 9.17) is 5.84 Å². The van der Waals surface area contributed by atoms with Crippen LogP contribution in [0.25, 0.3) is 0 Å². The first-order valence-corrected chi connectivity index (χ1v) is 4.06. The van der Waals surface area contributed by atoms with Gasteiger partial charge in [0.15, 0.2) is 0 Å². The molecule has 1 fully saturated rings. The molecule has 4 N–H and O–H groups in total. The van der Waals surface area contributed by atoms with Crippen molar-refractivity contribution in [1.29, 1.82) is 0 Å². The Morgan fingerprint density at radius 1 is 1.73 bits per heavy atom. The van der Waals surface area contributed by atoms with Gasteiger partial charge in [0, 0.05) is 12.5 Å². The molecule has 0 radical (unpaired) electrons. The molecule has 0 aromatic rings. The second-order valence-corrected chi connectivity index (χ2v) is 2.90. The van der Waals surface area contributed by atoms with Gasteiger partial charge in [-0.25, -0.2) is 5.84 Å². The first-order chi connectivity index (χ1) is 5.33. The normalized spacial score (nSPS) is 23.5. The molecule has 64 valence electrons. The Kier molecular flexibility index (Phi) is 3.32. The lowest BCUT2D eigenvalue weighted by Crippen LogP contribution is -2.31. The predicted molar refractivity (Wildman–Crippen MR) is 42.6 cm³/mol. The zero-order chi connectivity index (χ0) is 8.10. The maximum absolute atomic E-state index is 10.7. The third kappa shape index (κ3) is 2.86. The lowest BCUT2D eigenvalue weighted by Gasteiger charge is -2.07. The summed E-state index contributed by atoms with van der Waals surface area (Å²) in [5.74, 6) is 4.87. The molecule has 0 spiro atoms. The Morgan fingerprint density at radius 2 is 2.55 bits per heavy atom. The molecule has 1 amide bonds. The van der Waals surface area contributed by atoms with Crippen LogP contribution in [-0.4, -0.2) is 18.5 Å². The van der Waals surface area contributed by atoms with Crippen molar-refractivity contribution < 1.29 is 4.79 Å². The number of hydrogen-bond acceptors (Lipinski definition) is 3. The Balaban J connectivity index is 2.06. The standard InChI is InChI=1S/C7H15N3O/c8-10-7(11)4-3-6-2-1-5-9-6/h6,9H,1-5,8H2,(H,10,11)/t6-/m0/s1. The van der Waals surface area contributed by atoms with E-state index in [1.165, 1.54) is 12.8 Å². The van der Waals surface area contributed by atoms with Crippen molar-refractivity contribution in [1.82, 2.24) is 10.7 Å². The monoisotopic (exact) mass is 157 g/mol. The van der Waals surface area contributed by atoms with Gasteiger partial charge in [0.25, 0.3) is 0 Å². The fraction of sp³-hybridized carbons (Fsp3) is 0.857. The number of nitrogens with one attached hydrogen (secondary N) is 2. The van der Waals surface area contributed by atoms with Crippen LogP contribution in [0.2, 0.25) is 0 Å². The molecule has 0 aliphatic carbocycles. The van der Waals surface area contributed by atoms with Gasteiger partial charge in [0.2, 0.25) is 5.91 Å². The van der Waals surface area contributed by atoms with Crippen molar-refractivity contribution in [3.05, 3.63) is 0 Å². The number of carbonyl (C=O) groups is 1. The Bertz CT molecular complexity index is 132. The highest BCUT2D eigenvalue weighted by Crippen LogP contribution is 2.09. The molecule has 1 atom stereocenters. The number of amides is 1. The molecule has 1 aliphatic heterocycles. The van der Waals surface area contributed by atoms with E-state index in [0.29, 0.717) is 12.5 Å². The van der Waals surface area contributed by atoms with Crippen LogP contribution in [0.1, 0.15) is 25.7 Å². The number of nitrogens with two attached hydrogens (primary N) is 1. The molecule has 0 aromatic carbocycles. The number of rotatable bonds is 3. The smallest absolute Gasteiger partial charge is 0.233 e. The van der Waals surface area contributed by atoms with Gasteiger partial charge in [-0.05, 0) is 25.8 Å². The average Bonchev–Trinajstić information content (AvgIpc) is 2.52. The minimum Gasteiger partial charge on any atom is -0.314 e. The van der Waals surface area contributed by atoms with E-state index in [9.17, 15) is 4.79 Å². The van der Waals surface area contributed by atoms with Crippen molar-refractivity contribution in [2.24, 2.45) is 5.84 Å². The minimum atomic E-state index is -0.0706. The second-order valence-electron chi connectivity index (χ2n) is 2.90. The topological polar surface area (TPSA) is 67.1 Å². The van der Waals surface area contributed by atoms with Crippen LogP contribution in [0.4, 0.5) is 0 Å². The molecule has 1 rings (SSSR count). The molecule has 1 heterocycles. The van der Waals surface area contributed by atoms with E-state index in [0.717, 1.165) is 13.0 Å². The highest BCUT2D eigenvalue weighted by Gasteiger charge is 2.14. The van der Waals surface area contributed by atoms with Crippen LogP contribution >= 0.6 is 0 Å². The SMILES string of the molecule is NNC(=O)CC[C@@H]1CCCN1. The summed E-state index contributed by atoms with van der Waals surface area (Å²) in [6, 6.07) is 0.535. The summed E-state index contributed by atoms with van der Waals surface area (Å²) in [6.07, 6.45) is 3.87. The maximum atomic E-state index is 10.7. The first-order valence-electron chi connectivity index (χ1n) is 4.06. The van der Waals surface area contributed by atoms with Crippen molar-refractivity contribution in [3.8, 4) is 0 Å². The summed E-state index contributed by atoms with van der Waals surface area (Å²) < 4.78 is 0. The molecule has 0 bridgehead atoms. The van der Waals surface area contributed by atoms with Crippen LogP contribution in [0, 0.1) is 0 Å². The highest BCUT2D eigenvalue weighted by molar-refractivity contribution is 5.75. The van der Waals surface area contributed by atoms with Crippen LogP contribution in [-0.2, 0) is 4.79 Å². The van der Waals surface area contributed by atoms with Gasteiger partial charge < -0.3 is 5.32 Å². The summed E-state index contributed by atoms with van der Waals surface area (Å²) >= 11 is 0. The largest absolute Gasteiger partial charge is 0.314 e. The van der Waals surface area contributed by atoms with Crippen LogP contribution in [0.5, 0.6) is 0 Å². The van der Waals surface area contributed by atoms with Crippen molar-refractivity contribution in [2.75, 3.05) is 6.54 Å². The van der Waals surface area contributed by atoms with Gasteiger partial charge in [-0.2, -0.15) is 0 Å². The lowest BCUT2D eigenvalue weighted by molar-refractivity contribution is -0.121. The van der Waals surface area contributed by atoms with E-state index in [1.54, 1.807) is 0 Å². The quantitative estimate of drug-likeness (QED) is 0.294. The molecule has 4 heteroatoms. The summed E-state index contributed by atoms with van der Waals surface area (Å²) in [6.45, 7) is 1.09. The van der Waals surface area contributed by atoms with Crippen LogP contribution in [0.15, 0.2) is 0 Å². The summed E-state index contributed by atoms with van der Waals surface area (Å²) in [7, 11) is 0. The van der Waals surface area contributed by atoms with Crippen molar-refractivity contribution >= 4 is 5.91 Å². The van der Waals surface area contributed by atoms with Gasteiger partial charge >= 0.3 is 0 Å². The summed E-state index contributed by atoms with van der Waals surface area (Å²) in [4.78, 5) is 10.7. The Hall–Kier alpha value is -0.610. The first kappa shape index (κ1) is 8.49. The van der Waals surface area contributed by atoms with E-state index in [-0.39, 0.29) is 5.91 Å². The van der Waals surface area contributed by atoms with Gasteiger partial charge in [-0.3, -0.25) is 10.2 Å². The van der Waals surface area contributed by atoms with E-state index >= 15 is 0 Å². The van der Waals surface area contributed by atoms with Crippen LogP contribution < -0.4 is 16.6 Å². The van der Waals surface area contributed by atoms with Gasteiger partial charge in [-0.1, -0.05) is 0 Å². The van der Waals surface area contributed by atoms with Crippen molar-refractivity contribution in [3.63, 3.8) is 0 Å². The lowest BCUT2D eigenvalue weighted by atomic mass is 10.1. The fourth-order valence-electron chi connectivity index (χ4n) is 1.38. The molecule has 1 saturated heterocycles. The highest BCUT2D eigenvalue weighted by atomic mass is 16.2. The van der Waals surface area contributed by atoms with E-state index in [2.05, 4.69) is 10.7 Å². The minimum absolute atomic E-state index is 0.0706. The third-order valence-corrected chi connectivity index (χ3v) is 2.04. The third-order valence-electron chi connectivity index (χ3n) is 2.04. The molecule has 4 nitrogen and oxygen atoms in total. The Morgan fingerprint density at radius 3 is 3.09 bits per heavy atom. The number of hydrazine groups is 1. The van der Waals surface area contributed by atoms with Gasteiger partial charge in [0.05, 0.1) is 0 Å². The fourth-order valence-corrected chi connectivity index (χ4v) is 1.38. The van der Waals surface area contributed by atoms with Crippen molar-refractivity contribution in [2.45, 2.75) is 31.7 Å². The zero-order valence-electron chi connectivity index (χ0n) is 6.60. The average molecular weight is 157 g/mol. The number of carbonyl (C=O) groups excluding carboxylic acids is 1. The maximum Gasteiger partial charge on any atom is 0.233 e. The summed E-state index contributed by atoms with van der Waals surface area (Å²) in [5, 5.41) is 3.32. The van der Waals surface area contributed by atoms with E-state index < -0.39 is 0 Å². The molecule has 1 aliphatic rings. The van der Waals surface area contributed by atoms with E-state index in [1.807, 2.05) is 0 Å². The molecule has 0 saturated carbocycles. The zero-order valence-corrected chi connectivity index (χ0v) is 6.60. The molecular formula is C7H15N3O. The van der Waals surface area contributed by atoms with Gasteiger partial charge in [0.1, 0.15) is 0 Å². The van der Waals surface area contributed by atoms with Crippen LogP contribution in [0.3, 0.4) is 0 Å². The van der Waals surface area contributed by atoms with Gasteiger partial charge in [-0.15, -0.1) is 0 Å². The second kappa shape index (κ2) is 4.31. The molecular weight excluding hydrogens is 142 g/mol. The summed E-state index contributed by atoms with van der Waals surface area (Å²) in [5.41, 5.74) is 2.12.